The van der Waals surface area contributed by atoms with E-state index in [4.69, 9.17) is 41.7 Å². The lowest BCUT2D eigenvalue weighted by atomic mass is 9.93. The minimum Gasteiger partial charge on any atom is -0.497 e. The summed E-state index contributed by atoms with van der Waals surface area (Å²) in [6.45, 7) is 34.3. The van der Waals surface area contributed by atoms with Crippen LogP contribution in [0.4, 0.5) is 0 Å². The summed E-state index contributed by atoms with van der Waals surface area (Å²) in [6, 6.07) is 37.7. The molecule has 1 aliphatic heterocycles. The number of rotatable bonds is 30. The molecule has 1 N–H and O–H groups in total. The molecule has 0 aromatic heterocycles. The molecule has 4 aromatic carbocycles. The van der Waals surface area contributed by atoms with Gasteiger partial charge >= 0.3 is 0 Å². The molecular formula is C67H104O10Si3. The summed E-state index contributed by atoms with van der Waals surface area (Å²) in [5.41, 5.74) is 2.09. The molecule has 1 aliphatic rings. The van der Waals surface area contributed by atoms with Crippen molar-refractivity contribution < 1.29 is 46.8 Å². The Bertz CT molecular complexity index is 2400. The van der Waals surface area contributed by atoms with Gasteiger partial charge in [0.05, 0.1) is 58.5 Å². The molecule has 4 aromatic rings. The van der Waals surface area contributed by atoms with Gasteiger partial charge in [-0.2, -0.15) is 0 Å². The average molecular weight is 1150 g/mol. The molecule has 0 saturated carbocycles. The van der Waals surface area contributed by atoms with Crippen molar-refractivity contribution in [3.8, 4) is 23.3 Å². The van der Waals surface area contributed by atoms with E-state index in [9.17, 15) is 5.11 Å². The van der Waals surface area contributed by atoms with Gasteiger partial charge < -0.3 is 46.8 Å². The molecule has 80 heavy (non-hydrogen) atoms. The van der Waals surface area contributed by atoms with E-state index in [1.54, 1.807) is 21.3 Å². The van der Waals surface area contributed by atoms with E-state index in [-0.39, 0.29) is 57.7 Å². The molecule has 1 unspecified atom stereocenters. The number of hydrogen-bond acceptors (Lipinski definition) is 10. The van der Waals surface area contributed by atoms with Gasteiger partial charge in [-0.25, -0.2) is 0 Å². The lowest BCUT2D eigenvalue weighted by Gasteiger charge is -2.44. The van der Waals surface area contributed by atoms with Crippen LogP contribution < -0.4 is 19.8 Å². The predicted molar refractivity (Wildman–Crippen MR) is 336 cm³/mol. The van der Waals surface area contributed by atoms with Crippen molar-refractivity contribution in [2.75, 3.05) is 34.5 Å². The van der Waals surface area contributed by atoms with Gasteiger partial charge in [0.15, 0.2) is 16.6 Å². The van der Waals surface area contributed by atoms with E-state index < -0.39 is 31.1 Å². The zero-order valence-electron chi connectivity index (χ0n) is 52.3. The zero-order chi connectivity index (χ0) is 58.8. The predicted octanol–water partition coefficient (Wildman–Crippen LogP) is 14.5. The van der Waals surface area contributed by atoms with Crippen molar-refractivity contribution in [1.29, 1.82) is 0 Å². The largest absolute Gasteiger partial charge is 0.497 e. The maximum absolute atomic E-state index is 11.4. The third kappa shape index (κ3) is 20.0. The Morgan fingerprint density at radius 1 is 0.600 bits per heavy atom. The highest BCUT2D eigenvalue weighted by atomic mass is 28.4. The van der Waals surface area contributed by atoms with E-state index in [2.05, 4.69) is 180 Å². The van der Waals surface area contributed by atoms with Gasteiger partial charge in [-0.3, -0.25) is 0 Å². The summed E-state index contributed by atoms with van der Waals surface area (Å²) in [7, 11) is -2.29. The third-order valence-corrected chi connectivity index (χ3v) is 31.3. The number of ether oxygens (including phenoxy) is 6. The number of aliphatic hydroxyl groups is 1. The van der Waals surface area contributed by atoms with Crippen LogP contribution in [0.5, 0.6) is 11.5 Å². The minimum absolute atomic E-state index is 0.00220. The van der Waals surface area contributed by atoms with Gasteiger partial charge in [0.2, 0.25) is 0 Å². The maximum Gasteiger partial charge on any atom is 0.261 e. The highest BCUT2D eigenvalue weighted by molar-refractivity contribution is 6.99. The lowest BCUT2D eigenvalue weighted by Crippen LogP contribution is -2.66. The van der Waals surface area contributed by atoms with Crippen molar-refractivity contribution in [2.45, 2.75) is 224 Å². The fourth-order valence-corrected chi connectivity index (χ4v) is 17.6. The molecule has 1 fully saturated rings. The molecule has 1 saturated heterocycles. The summed E-state index contributed by atoms with van der Waals surface area (Å²) in [6.07, 6.45) is 5.54. The third-order valence-electron chi connectivity index (χ3n) is 17.2. The summed E-state index contributed by atoms with van der Waals surface area (Å²) < 4.78 is 59.2. The van der Waals surface area contributed by atoms with Gasteiger partial charge in [-0.1, -0.05) is 159 Å². The van der Waals surface area contributed by atoms with Crippen LogP contribution in [0.15, 0.2) is 109 Å². The molecule has 10 nitrogen and oxygen atoms in total. The smallest absolute Gasteiger partial charge is 0.261 e. The molecule has 444 valence electrons. The van der Waals surface area contributed by atoms with E-state index in [1.807, 2.05) is 36.4 Å². The average Bonchev–Trinajstić information content (AvgIpc) is 3.52. The topological polar surface area (TPSA) is 103 Å². The second-order valence-corrected chi connectivity index (χ2v) is 40.2. The standard InChI is InChI=1S/C67H104O10Si3/c1-51(31-36-54(68)37-42-59(71-13)50-72-48-52-32-38-55(69-11)39-33-52)64(73-49-53-34-40-56(70-12)41-35-53)47-61(77-79(16,17)66(5,6)7)46-60(76-78(14,15)65(2,3)4)45-58-26-24-25-57(75-58)43-44-74-80(67(8,9)10,62-27-20-18-21-28-62)63-29-22-19-23-30-63/h18-23,27-30,32-35,38-41,51,54,57-61,64,68H,24-26,37,42-50H2,1-17H3/t51-,54?,57+,58+,59-,60-,61+,64+/m0/s1. The van der Waals surface area contributed by atoms with Crippen molar-refractivity contribution in [3.63, 3.8) is 0 Å². The molecule has 0 spiro atoms. The summed E-state index contributed by atoms with van der Waals surface area (Å²) in [5, 5.41) is 13.8. The van der Waals surface area contributed by atoms with E-state index in [1.165, 1.54) is 10.4 Å². The molecule has 5 rings (SSSR count). The van der Waals surface area contributed by atoms with E-state index >= 15 is 0 Å². The van der Waals surface area contributed by atoms with Crippen LogP contribution in [-0.2, 0) is 45.4 Å². The van der Waals surface area contributed by atoms with Crippen molar-refractivity contribution in [2.24, 2.45) is 5.92 Å². The molecule has 0 amide bonds. The monoisotopic (exact) mass is 1150 g/mol. The van der Waals surface area contributed by atoms with Gasteiger partial charge in [-0.15, -0.1) is 0 Å². The number of methoxy groups -OCH3 is 3. The van der Waals surface area contributed by atoms with E-state index in [0.717, 1.165) is 54.7 Å². The van der Waals surface area contributed by atoms with Crippen LogP contribution >= 0.6 is 0 Å². The van der Waals surface area contributed by atoms with Gasteiger partial charge in [0, 0.05) is 31.8 Å². The van der Waals surface area contributed by atoms with Crippen molar-refractivity contribution in [3.05, 3.63) is 120 Å². The molecule has 0 radical (unpaired) electrons. The Morgan fingerprint density at radius 2 is 1.11 bits per heavy atom. The second kappa shape index (κ2) is 30.8. The van der Waals surface area contributed by atoms with Crippen LogP contribution in [0.1, 0.15) is 138 Å². The normalized spacial score (nSPS) is 18.1. The fraction of sp³-hybridized carbons (Fsp3) is 0.612. The highest BCUT2D eigenvalue weighted by Gasteiger charge is 2.50. The first-order chi connectivity index (χ1) is 37.7. The van der Waals surface area contributed by atoms with E-state index in [0.29, 0.717) is 52.1 Å². The molecule has 0 aliphatic carbocycles. The van der Waals surface area contributed by atoms with Crippen LogP contribution in [-0.4, -0.2) is 107 Å². The Balaban J connectivity index is 1.37. The fourth-order valence-electron chi connectivity index (χ4n) is 10.3. The molecule has 13 heteroatoms. The van der Waals surface area contributed by atoms with Crippen LogP contribution in [0.2, 0.25) is 41.3 Å². The number of hydrogen-bond donors (Lipinski definition) is 1. The quantitative estimate of drug-likeness (QED) is 0.0401. The molecule has 0 bridgehead atoms. The van der Waals surface area contributed by atoms with Crippen LogP contribution in [0.25, 0.3) is 0 Å². The summed E-state index contributed by atoms with van der Waals surface area (Å²) >= 11 is 0. The van der Waals surface area contributed by atoms with Crippen LogP contribution in [0.3, 0.4) is 0 Å². The Hall–Kier alpha value is -3.63. The number of benzene rings is 4. The molecular weight excluding hydrogens is 1050 g/mol. The molecule has 8 atom stereocenters. The van der Waals surface area contributed by atoms with Gasteiger partial charge in [-0.05, 0) is 152 Å². The van der Waals surface area contributed by atoms with Gasteiger partial charge in [0.25, 0.3) is 8.32 Å². The highest BCUT2D eigenvalue weighted by Crippen LogP contribution is 2.43. The zero-order valence-corrected chi connectivity index (χ0v) is 55.3. The van der Waals surface area contributed by atoms with Crippen LogP contribution in [0, 0.1) is 17.8 Å². The minimum atomic E-state index is -2.69. The first kappa shape index (κ1) is 67.2. The first-order valence-electron chi connectivity index (χ1n) is 29.6. The Morgan fingerprint density at radius 3 is 1.61 bits per heavy atom. The lowest BCUT2D eigenvalue weighted by molar-refractivity contribution is -0.0785. The SMILES string of the molecule is COc1ccc(COC[C@H](CCC(O)C#C[C@H](C)[C@@H](C[C@@H](C[C@H](C[C@H]2CCC[C@H](CCO[Si](c3ccccc3)(c3ccccc3)C(C)(C)C)O2)O[Si](C)(C)C(C)(C)C)O[Si](C)(C)C(C)(C)C)OCc2ccc(OC)cc2)OC)cc1. The van der Waals surface area contributed by atoms with Crippen molar-refractivity contribution in [1.82, 2.24) is 0 Å². The maximum atomic E-state index is 11.4. The second-order valence-electron chi connectivity index (χ2n) is 26.4. The first-order valence-corrected chi connectivity index (χ1v) is 37.4. The van der Waals surface area contributed by atoms with Crippen molar-refractivity contribution >= 4 is 35.3 Å². The van der Waals surface area contributed by atoms with Gasteiger partial charge in [0.1, 0.15) is 17.6 Å². The molecule has 1 heterocycles. The summed E-state index contributed by atoms with van der Waals surface area (Å²) in [4.78, 5) is 0. The Labute approximate surface area is 488 Å². The Kier molecular flexibility index (Phi) is 25.8. The number of aliphatic hydroxyl groups excluding tert-OH is 1. The summed E-state index contributed by atoms with van der Waals surface area (Å²) in [5.74, 6) is 8.05.